The average molecular weight is 479 g/mol. The van der Waals surface area contributed by atoms with E-state index in [0.29, 0.717) is 29.5 Å². The Labute approximate surface area is 194 Å². The Kier molecular flexibility index (Phi) is 5.86. The van der Waals surface area contributed by atoms with Crippen LogP contribution in [0.1, 0.15) is 17.7 Å². The van der Waals surface area contributed by atoms with Crippen LogP contribution in [0.25, 0.3) is 0 Å². The molecule has 1 aromatic heterocycles. The summed E-state index contributed by atoms with van der Waals surface area (Å²) >= 11 is 6.48. The number of alkyl halides is 3. The fourth-order valence-corrected chi connectivity index (χ4v) is 4.87. The zero-order valence-electron chi connectivity index (χ0n) is 18.1. The van der Waals surface area contributed by atoms with Crippen molar-refractivity contribution >= 4 is 40.6 Å². The van der Waals surface area contributed by atoms with E-state index in [1.165, 1.54) is 11.8 Å². The highest BCUT2D eigenvalue weighted by molar-refractivity contribution is 6.34. The zero-order valence-corrected chi connectivity index (χ0v) is 18.8. The Balaban J connectivity index is 1.84. The summed E-state index contributed by atoms with van der Waals surface area (Å²) in [5, 5.41) is 0.448. The highest BCUT2D eigenvalue weighted by Gasteiger charge is 2.49. The number of anilines is 3. The second-order valence-corrected chi connectivity index (χ2v) is 8.63. The lowest BCUT2D eigenvalue weighted by Gasteiger charge is -2.38. The molecule has 1 aromatic carbocycles. The molecule has 2 aromatic rings. The van der Waals surface area contributed by atoms with E-state index in [1.54, 1.807) is 31.3 Å². The molecule has 0 N–H and O–H groups in total. The number of halogens is 4. The van der Waals surface area contributed by atoms with Gasteiger partial charge in [0.25, 0.3) is 0 Å². The van der Waals surface area contributed by atoms with Crippen LogP contribution in [0.4, 0.5) is 30.4 Å². The Bertz CT molecular complexity index is 1140. The molecular weight excluding hydrogens is 457 g/mol. The number of carbonyl (C=O) groups is 2. The largest absolute Gasteiger partial charge is 0.416 e. The third-order valence-corrected chi connectivity index (χ3v) is 6.28. The van der Waals surface area contributed by atoms with Crippen molar-refractivity contribution in [3.63, 3.8) is 0 Å². The first kappa shape index (κ1) is 23.1. The molecule has 0 spiro atoms. The van der Waals surface area contributed by atoms with Gasteiger partial charge in [0.1, 0.15) is 11.9 Å². The number of aromatic nitrogens is 1. The lowest BCUT2D eigenvalue weighted by molar-refractivity contribution is -0.137. The third kappa shape index (κ3) is 4.06. The molecule has 3 heterocycles. The maximum absolute atomic E-state index is 13.6. The normalized spacial score (nSPS) is 21.0. The summed E-state index contributed by atoms with van der Waals surface area (Å²) in [6.07, 6.45) is -2.92. The van der Waals surface area contributed by atoms with Gasteiger partial charge in [-0.05, 0) is 31.2 Å². The molecule has 2 aliphatic heterocycles. The van der Waals surface area contributed by atoms with Gasteiger partial charge in [-0.1, -0.05) is 23.7 Å². The molecule has 0 bridgehead atoms. The van der Waals surface area contributed by atoms with Crippen LogP contribution in [-0.2, 0) is 15.8 Å². The number of hydrogen-bond acceptors (Lipinski definition) is 4. The quantitative estimate of drug-likeness (QED) is 0.611. The minimum Gasteiger partial charge on any atom is -0.365 e. The molecule has 10 heteroatoms. The van der Waals surface area contributed by atoms with Crippen LogP contribution in [0.5, 0.6) is 0 Å². The summed E-state index contributed by atoms with van der Waals surface area (Å²) in [5.74, 6) is -1.52. The molecule has 0 saturated carbocycles. The van der Waals surface area contributed by atoms with Gasteiger partial charge in [0.2, 0.25) is 11.8 Å². The first-order valence-corrected chi connectivity index (χ1v) is 10.7. The lowest BCUT2D eigenvalue weighted by Crippen LogP contribution is -2.52. The number of amides is 2. The van der Waals surface area contributed by atoms with Gasteiger partial charge in [0.05, 0.1) is 22.0 Å². The second-order valence-electron chi connectivity index (χ2n) is 8.22. The minimum atomic E-state index is -4.61. The molecular formula is C23H22ClF3N4O2. The fraction of sp³-hybridized carbons (Fsp3) is 0.348. The molecule has 0 radical (unpaired) electrons. The van der Waals surface area contributed by atoms with E-state index in [1.807, 2.05) is 4.90 Å². The maximum atomic E-state index is 13.6. The van der Waals surface area contributed by atoms with Crippen LogP contribution in [-0.4, -0.2) is 43.0 Å². The summed E-state index contributed by atoms with van der Waals surface area (Å²) in [4.78, 5) is 35.3. The monoisotopic (exact) mass is 478 g/mol. The van der Waals surface area contributed by atoms with Gasteiger partial charge in [-0.15, -0.1) is 6.58 Å². The lowest BCUT2D eigenvalue weighted by atomic mass is 9.95. The number of benzene rings is 1. The molecule has 0 aliphatic carbocycles. The Morgan fingerprint density at radius 1 is 1.27 bits per heavy atom. The molecule has 174 valence electrons. The van der Waals surface area contributed by atoms with E-state index in [4.69, 9.17) is 11.6 Å². The van der Waals surface area contributed by atoms with Crippen LogP contribution in [0, 0.1) is 12.8 Å². The van der Waals surface area contributed by atoms with Gasteiger partial charge in [-0.3, -0.25) is 14.5 Å². The molecule has 4 rings (SSSR count). The van der Waals surface area contributed by atoms with Crippen molar-refractivity contribution in [2.45, 2.75) is 25.6 Å². The van der Waals surface area contributed by atoms with Gasteiger partial charge < -0.3 is 9.80 Å². The number of aryl methyl sites for hydroxylation is 1. The number of hydrogen-bond donors (Lipinski definition) is 0. The van der Waals surface area contributed by atoms with Gasteiger partial charge in [0.15, 0.2) is 0 Å². The average Bonchev–Trinajstić information content (AvgIpc) is 3.06. The van der Waals surface area contributed by atoms with Crippen LogP contribution in [0.2, 0.25) is 5.02 Å². The number of carbonyl (C=O) groups excluding carboxylic acids is 2. The molecule has 1 saturated heterocycles. The minimum absolute atomic E-state index is 0.00531. The summed E-state index contributed by atoms with van der Waals surface area (Å²) in [5.41, 5.74) is 0.374. The van der Waals surface area contributed by atoms with Crippen molar-refractivity contribution in [3.8, 4) is 0 Å². The van der Waals surface area contributed by atoms with Gasteiger partial charge in [-0.2, -0.15) is 13.2 Å². The van der Waals surface area contributed by atoms with Crippen LogP contribution >= 0.6 is 11.6 Å². The van der Waals surface area contributed by atoms with E-state index in [0.717, 1.165) is 17.0 Å². The van der Waals surface area contributed by atoms with Crippen molar-refractivity contribution in [3.05, 3.63) is 59.3 Å². The predicted molar refractivity (Wildman–Crippen MR) is 121 cm³/mol. The highest BCUT2D eigenvalue weighted by Crippen LogP contribution is 2.42. The summed E-state index contributed by atoms with van der Waals surface area (Å²) in [6.45, 7) is 5.93. The molecule has 2 amide bonds. The zero-order chi connectivity index (χ0) is 24.1. The van der Waals surface area contributed by atoms with Gasteiger partial charge >= 0.3 is 6.18 Å². The van der Waals surface area contributed by atoms with Crippen molar-refractivity contribution in [1.82, 2.24) is 4.98 Å². The van der Waals surface area contributed by atoms with Crippen LogP contribution in [0.15, 0.2) is 43.0 Å². The fourth-order valence-electron chi connectivity index (χ4n) is 4.59. The van der Waals surface area contributed by atoms with E-state index in [9.17, 15) is 22.8 Å². The number of fused-ring (bicyclic) bond motifs is 2. The predicted octanol–water partition coefficient (Wildman–Crippen LogP) is 4.45. The van der Waals surface area contributed by atoms with Crippen molar-refractivity contribution in [2.24, 2.45) is 5.92 Å². The van der Waals surface area contributed by atoms with Crippen molar-refractivity contribution < 1.29 is 22.8 Å². The smallest absolute Gasteiger partial charge is 0.365 e. The molecule has 6 nitrogen and oxygen atoms in total. The first-order valence-electron chi connectivity index (χ1n) is 10.3. The molecule has 1 fully saturated rings. The molecule has 2 aliphatic rings. The first-order chi connectivity index (χ1) is 15.5. The van der Waals surface area contributed by atoms with E-state index in [2.05, 4.69) is 11.6 Å². The summed E-state index contributed by atoms with van der Waals surface area (Å²) in [6, 6.07) is 5.91. The molecule has 33 heavy (non-hydrogen) atoms. The molecule has 2 atom stereocenters. The maximum Gasteiger partial charge on any atom is 0.416 e. The number of pyridine rings is 1. The van der Waals surface area contributed by atoms with Crippen LogP contribution in [0.3, 0.4) is 0 Å². The number of para-hydroxylation sites is 1. The number of rotatable bonds is 3. The number of nitrogens with zero attached hydrogens (tertiary/aromatic N) is 4. The Morgan fingerprint density at radius 3 is 2.67 bits per heavy atom. The molecule has 0 unspecified atom stereocenters. The van der Waals surface area contributed by atoms with E-state index >= 15 is 0 Å². The standard InChI is InChI=1S/C23H22ClF3N4O2/c1-4-8-30-12-14-10-19(32)31(18-11-15(23(25,26)27)9-13(2)28-18)20(14)22(33)29(3)17-7-5-6-16(24)21(17)30/h4-7,9,11,14,20H,1,8,10,12H2,2-3H3/t14-,20+/m1/s1. The number of likely N-dealkylation sites (N-methyl/N-ethyl adjacent to an activating group) is 1. The van der Waals surface area contributed by atoms with E-state index < -0.39 is 35.5 Å². The van der Waals surface area contributed by atoms with E-state index in [-0.39, 0.29) is 17.9 Å². The third-order valence-electron chi connectivity index (χ3n) is 5.98. The van der Waals surface area contributed by atoms with Crippen molar-refractivity contribution in [1.29, 1.82) is 0 Å². The topological polar surface area (TPSA) is 56.8 Å². The SMILES string of the molecule is C=CCN1C[C@H]2CC(=O)N(c3cc(C(F)(F)F)cc(C)n3)[C@@H]2C(=O)N(C)c2cccc(Cl)c21. The Hall–Kier alpha value is -3.07. The second kappa shape index (κ2) is 8.37. The highest BCUT2D eigenvalue weighted by atomic mass is 35.5. The van der Waals surface area contributed by atoms with Crippen molar-refractivity contribution in [2.75, 3.05) is 34.8 Å². The van der Waals surface area contributed by atoms with Crippen LogP contribution < -0.4 is 14.7 Å². The Morgan fingerprint density at radius 2 is 2.00 bits per heavy atom. The summed E-state index contributed by atoms with van der Waals surface area (Å²) < 4.78 is 40.3. The van der Waals surface area contributed by atoms with Gasteiger partial charge in [0, 0.05) is 38.2 Å². The summed E-state index contributed by atoms with van der Waals surface area (Å²) in [7, 11) is 1.57. The van der Waals surface area contributed by atoms with Gasteiger partial charge in [-0.25, -0.2) is 4.98 Å².